The van der Waals surface area contributed by atoms with Gasteiger partial charge in [0.1, 0.15) is 12.4 Å². The number of ether oxygens (including phenoxy) is 1. The molecule has 9 heteroatoms. The highest BCUT2D eigenvalue weighted by Gasteiger charge is 2.41. The normalized spacial score (nSPS) is 19.9. The second-order valence-electron chi connectivity index (χ2n) is 8.19. The molecule has 0 bridgehead atoms. The minimum atomic E-state index is -0.615. The number of para-hydroxylation sites is 1. The molecule has 0 aliphatic carbocycles. The third kappa shape index (κ3) is 5.19. The zero-order valence-corrected chi connectivity index (χ0v) is 18.3. The summed E-state index contributed by atoms with van der Waals surface area (Å²) >= 11 is 0. The molecule has 0 atom stereocenters. The second-order valence-corrected chi connectivity index (χ2v) is 8.19. The summed E-state index contributed by atoms with van der Waals surface area (Å²) in [6, 6.07) is 8.69. The summed E-state index contributed by atoms with van der Waals surface area (Å²) in [5.41, 5.74) is 0.340. The van der Waals surface area contributed by atoms with Crippen LogP contribution in [0, 0.1) is 5.41 Å². The van der Waals surface area contributed by atoms with Crippen molar-refractivity contribution in [3.05, 3.63) is 66.0 Å². The highest BCUT2D eigenvalue weighted by Crippen LogP contribution is 2.36. The minimum absolute atomic E-state index is 0.0391. The fraction of sp³-hybridized carbons (Fsp3) is 0.375. The molecule has 0 saturated carbocycles. The van der Waals surface area contributed by atoms with E-state index in [1.54, 1.807) is 35.2 Å². The van der Waals surface area contributed by atoms with E-state index in [4.69, 9.17) is 4.74 Å². The first-order valence-corrected chi connectivity index (χ1v) is 11.1. The number of nitrogens with one attached hydrogen (secondary N) is 2. The highest BCUT2D eigenvalue weighted by atomic mass is 16.5. The van der Waals surface area contributed by atoms with Crippen LogP contribution in [0.2, 0.25) is 0 Å². The van der Waals surface area contributed by atoms with Crippen LogP contribution in [-0.2, 0) is 4.79 Å². The van der Waals surface area contributed by atoms with Crippen molar-refractivity contribution in [2.75, 3.05) is 32.8 Å². The number of fused-ring (bicyclic) bond motifs is 1. The molecular weight excluding hydrogens is 422 g/mol. The number of benzene rings is 1. The van der Waals surface area contributed by atoms with Crippen molar-refractivity contribution in [1.29, 1.82) is 0 Å². The maximum atomic E-state index is 13.2. The SMILES string of the molecule is O=C1NC/C=C/CC2(CCN(C(=O)c3ccnnc3)CC2)C(=O)NCCOc2ccccc21. The molecule has 2 aliphatic heterocycles. The van der Waals surface area contributed by atoms with Gasteiger partial charge in [-0.1, -0.05) is 24.3 Å². The second kappa shape index (κ2) is 10.2. The average molecular weight is 450 g/mol. The van der Waals surface area contributed by atoms with Crippen LogP contribution in [0.4, 0.5) is 0 Å². The standard InChI is InChI=1S/C24H27N5O4/c30-21-19-5-1-2-6-20(19)33-16-13-26-23(32)24(8-3-4-11-25-21)9-14-29(15-10-24)22(31)18-7-12-27-28-17-18/h1-7,12,17H,8-11,13-16H2,(H,25,30)(H,26,32)/b4-3+. The number of rotatable bonds is 1. The number of hydrogen-bond acceptors (Lipinski definition) is 6. The summed E-state index contributed by atoms with van der Waals surface area (Å²) in [6.07, 6.45) is 8.38. The number of carbonyl (C=O) groups excluding carboxylic acids is 3. The quantitative estimate of drug-likeness (QED) is 0.639. The lowest BCUT2D eigenvalue weighted by atomic mass is 9.74. The monoisotopic (exact) mass is 449 g/mol. The van der Waals surface area contributed by atoms with Crippen LogP contribution >= 0.6 is 0 Å². The Hall–Kier alpha value is -3.75. The molecule has 3 heterocycles. The van der Waals surface area contributed by atoms with E-state index in [9.17, 15) is 14.4 Å². The van der Waals surface area contributed by atoms with Gasteiger partial charge in [0.05, 0.1) is 35.5 Å². The van der Waals surface area contributed by atoms with E-state index in [0.29, 0.717) is 62.3 Å². The molecule has 33 heavy (non-hydrogen) atoms. The Morgan fingerprint density at radius 3 is 2.64 bits per heavy atom. The average Bonchev–Trinajstić information content (AvgIpc) is 2.86. The van der Waals surface area contributed by atoms with Gasteiger partial charge in [-0.3, -0.25) is 14.4 Å². The Labute approximate surface area is 192 Å². The summed E-state index contributed by atoms with van der Waals surface area (Å²) in [5, 5.41) is 13.3. The number of aromatic nitrogens is 2. The van der Waals surface area contributed by atoms with E-state index in [2.05, 4.69) is 20.8 Å². The maximum absolute atomic E-state index is 13.2. The largest absolute Gasteiger partial charge is 0.491 e. The molecule has 1 aromatic heterocycles. The van der Waals surface area contributed by atoms with Crippen LogP contribution in [0.1, 0.15) is 40.0 Å². The summed E-state index contributed by atoms with van der Waals surface area (Å²) in [5.74, 6) is 0.134. The molecule has 2 N–H and O–H groups in total. The summed E-state index contributed by atoms with van der Waals surface area (Å²) < 4.78 is 5.77. The van der Waals surface area contributed by atoms with Gasteiger partial charge in [-0.2, -0.15) is 10.2 Å². The molecule has 2 aromatic rings. The lowest BCUT2D eigenvalue weighted by molar-refractivity contribution is -0.133. The molecule has 0 unspecified atom stereocenters. The lowest BCUT2D eigenvalue weighted by Crippen LogP contribution is -2.50. The van der Waals surface area contributed by atoms with Crippen molar-refractivity contribution < 1.29 is 19.1 Å². The molecule has 2 aliphatic rings. The molecule has 9 nitrogen and oxygen atoms in total. The van der Waals surface area contributed by atoms with Gasteiger partial charge in [0, 0.05) is 19.6 Å². The lowest BCUT2D eigenvalue weighted by Gasteiger charge is -2.40. The van der Waals surface area contributed by atoms with Gasteiger partial charge in [0.15, 0.2) is 0 Å². The number of piperidine rings is 1. The summed E-state index contributed by atoms with van der Waals surface area (Å²) in [6.45, 7) is 1.88. The van der Waals surface area contributed by atoms with E-state index in [-0.39, 0.29) is 24.3 Å². The van der Waals surface area contributed by atoms with E-state index < -0.39 is 5.41 Å². The van der Waals surface area contributed by atoms with Gasteiger partial charge in [-0.25, -0.2) is 0 Å². The molecule has 1 aromatic carbocycles. The Bertz CT molecular complexity index is 1030. The van der Waals surface area contributed by atoms with E-state index >= 15 is 0 Å². The van der Waals surface area contributed by atoms with Gasteiger partial charge in [-0.15, -0.1) is 0 Å². The fourth-order valence-corrected chi connectivity index (χ4v) is 4.19. The van der Waals surface area contributed by atoms with Crippen LogP contribution in [0.25, 0.3) is 0 Å². The number of likely N-dealkylation sites (tertiary alicyclic amines) is 1. The van der Waals surface area contributed by atoms with Crippen molar-refractivity contribution in [3.63, 3.8) is 0 Å². The van der Waals surface area contributed by atoms with Crippen molar-refractivity contribution in [3.8, 4) is 5.75 Å². The number of carbonyl (C=O) groups is 3. The summed E-state index contributed by atoms with van der Waals surface area (Å²) in [7, 11) is 0. The van der Waals surface area contributed by atoms with E-state index in [0.717, 1.165) is 0 Å². The molecule has 4 rings (SSSR count). The first-order valence-electron chi connectivity index (χ1n) is 11.1. The van der Waals surface area contributed by atoms with Crippen molar-refractivity contribution in [2.45, 2.75) is 19.3 Å². The zero-order chi connectivity index (χ0) is 23.1. The topological polar surface area (TPSA) is 114 Å². The van der Waals surface area contributed by atoms with Gasteiger partial charge in [0.25, 0.3) is 11.8 Å². The van der Waals surface area contributed by atoms with Crippen LogP contribution in [0.15, 0.2) is 54.9 Å². The van der Waals surface area contributed by atoms with Crippen LogP contribution in [0.3, 0.4) is 0 Å². The molecule has 3 amide bonds. The first-order chi connectivity index (χ1) is 16.1. The maximum Gasteiger partial charge on any atom is 0.255 e. The minimum Gasteiger partial charge on any atom is -0.491 e. The predicted molar refractivity (Wildman–Crippen MR) is 121 cm³/mol. The van der Waals surface area contributed by atoms with Crippen molar-refractivity contribution >= 4 is 17.7 Å². The number of amides is 3. The van der Waals surface area contributed by atoms with Gasteiger partial charge in [0.2, 0.25) is 5.91 Å². The summed E-state index contributed by atoms with van der Waals surface area (Å²) in [4.78, 5) is 40.2. The van der Waals surface area contributed by atoms with Gasteiger partial charge >= 0.3 is 0 Å². The number of nitrogens with zero attached hydrogens (tertiary/aromatic N) is 3. The molecule has 1 spiro atoms. The zero-order valence-electron chi connectivity index (χ0n) is 18.3. The Morgan fingerprint density at radius 2 is 1.85 bits per heavy atom. The van der Waals surface area contributed by atoms with Crippen molar-refractivity contribution in [2.24, 2.45) is 5.41 Å². The third-order valence-corrected chi connectivity index (χ3v) is 6.15. The van der Waals surface area contributed by atoms with Crippen LogP contribution < -0.4 is 15.4 Å². The molecular formula is C24H27N5O4. The number of allylic oxidation sites excluding steroid dienone is 1. The van der Waals surface area contributed by atoms with Gasteiger partial charge in [-0.05, 0) is 37.5 Å². The van der Waals surface area contributed by atoms with E-state index in [1.807, 2.05) is 12.2 Å². The third-order valence-electron chi connectivity index (χ3n) is 6.15. The Kier molecular flexibility index (Phi) is 6.97. The fourth-order valence-electron chi connectivity index (χ4n) is 4.19. The van der Waals surface area contributed by atoms with Gasteiger partial charge < -0.3 is 20.3 Å². The van der Waals surface area contributed by atoms with Crippen LogP contribution in [0.5, 0.6) is 5.75 Å². The van der Waals surface area contributed by atoms with Crippen molar-refractivity contribution in [1.82, 2.24) is 25.7 Å². The smallest absolute Gasteiger partial charge is 0.255 e. The van der Waals surface area contributed by atoms with Crippen LogP contribution in [-0.4, -0.2) is 65.6 Å². The van der Waals surface area contributed by atoms with E-state index in [1.165, 1.54) is 12.4 Å². The molecule has 172 valence electrons. The highest BCUT2D eigenvalue weighted by molar-refractivity contribution is 5.97. The molecule has 1 saturated heterocycles. The Morgan fingerprint density at radius 1 is 1.03 bits per heavy atom. The first kappa shape index (κ1) is 22.4. The molecule has 0 radical (unpaired) electrons. The molecule has 1 fully saturated rings. The number of hydrogen-bond donors (Lipinski definition) is 2. The Balaban J connectivity index is 1.44. The predicted octanol–water partition coefficient (Wildman–Crippen LogP) is 1.58.